The Balaban J connectivity index is 1.58. The van der Waals surface area contributed by atoms with Crippen LogP contribution in [0.5, 0.6) is 0 Å². The summed E-state index contributed by atoms with van der Waals surface area (Å²) in [5.41, 5.74) is 1.36. The summed E-state index contributed by atoms with van der Waals surface area (Å²) in [6, 6.07) is 5.00. The van der Waals surface area contributed by atoms with E-state index in [-0.39, 0.29) is 0 Å². The van der Waals surface area contributed by atoms with Gasteiger partial charge in [0, 0.05) is 25.0 Å². The SMILES string of the molecule is c1cc(CNC2CCCC3CCCCC32)ccn1. The lowest BCUT2D eigenvalue weighted by atomic mass is 9.68. The third kappa shape index (κ3) is 2.74. The molecule has 2 aliphatic rings. The fraction of sp³-hybridized carbons (Fsp3) is 0.688. The van der Waals surface area contributed by atoms with Crippen molar-refractivity contribution in [1.29, 1.82) is 0 Å². The van der Waals surface area contributed by atoms with Crippen molar-refractivity contribution in [1.82, 2.24) is 10.3 Å². The maximum Gasteiger partial charge on any atom is 0.0271 e. The van der Waals surface area contributed by atoms with Crippen LogP contribution >= 0.6 is 0 Å². The highest BCUT2D eigenvalue weighted by molar-refractivity contribution is 5.09. The normalized spacial score (nSPS) is 31.9. The van der Waals surface area contributed by atoms with Crippen LogP contribution in [0.4, 0.5) is 0 Å². The first-order valence-electron chi connectivity index (χ1n) is 7.56. The largest absolute Gasteiger partial charge is 0.310 e. The summed E-state index contributed by atoms with van der Waals surface area (Å²) in [6.45, 7) is 1.01. The Labute approximate surface area is 110 Å². The van der Waals surface area contributed by atoms with Crippen molar-refractivity contribution < 1.29 is 0 Å². The van der Waals surface area contributed by atoms with Crippen LogP contribution in [0, 0.1) is 11.8 Å². The Bertz CT molecular complexity index is 361. The molecule has 2 aliphatic carbocycles. The van der Waals surface area contributed by atoms with Gasteiger partial charge in [-0.3, -0.25) is 4.98 Å². The van der Waals surface area contributed by atoms with E-state index in [9.17, 15) is 0 Å². The molecule has 3 atom stereocenters. The van der Waals surface area contributed by atoms with Gasteiger partial charge in [-0.05, 0) is 42.4 Å². The number of hydrogen-bond acceptors (Lipinski definition) is 2. The molecule has 1 aromatic rings. The second-order valence-corrected chi connectivity index (χ2v) is 5.98. The highest BCUT2D eigenvalue weighted by atomic mass is 14.9. The molecular weight excluding hydrogens is 220 g/mol. The van der Waals surface area contributed by atoms with Crippen molar-refractivity contribution in [2.75, 3.05) is 0 Å². The lowest BCUT2D eigenvalue weighted by Crippen LogP contribution is -2.43. The maximum absolute atomic E-state index is 4.08. The average Bonchev–Trinajstić information content (AvgIpc) is 2.46. The maximum atomic E-state index is 4.08. The van der Waals surface area contributed by atoms with Gasteiger partial charge in [0.05, 0.1) is 0 Å². The number of nitrogens with one attached hydrogen (secondary N) is 1. The molecule has 3 rings (SSSR count). The van der Waals surface area contributed by atoms with E-state index in [1.165, 1.54) is 50.5 Å². The minimum absolute atomic E-state index is 0.761. The zero-order valence-electron chi connectivity index (χ0n) is 11.1. The van der Waals surface area contributed by atoms with E-state index >= 15 is 0 Å². The smallest absolute Gasteiger partial charge is 0.0271 e. The lowest BCUT2D eigenvalue weighted by Gasteiger charge is -2.41. The molecule has 0 amide bonds. The molecule has 3 unspecified atom stereocenters. The quantitative estimate of drug-likeness (QED) is 0.880. The Morgan fingerprint density at radius 2 is 1.78 bits per heavy atom. The van der Waals surface area contributed by atoms with Crippen molar-refractivity contribution >= 4 is 0 Å². The first-order chi connectivity index (χ1) is 8.93. The number of hydrogen-bond donors (Lipinski definition) is 1. The van der Waals surface area contributed by atoms with Crippen LogP contribution in [0.3, 0.4) is 0 Å². The van der Waals surface area contributed by atoms with Crippen molar-refractivity contribution in [3.8, 4) is 0 Å². The molecule has 1 heterocycles. The van der Waals surface area contributed by atoms with Crippen molar-refractivity contribution in [3.05, 3.63) is 30.1 Å². The van der Waals surface area contributed by atoms with Crippen LogP contribution in [-0.4, -0.2) is 11.0 Å². The number of rotatable bonds is 3. The summed E-state index contributed by atoms with van der Waals surface area (Å²) in [4.78, 5) is 4.08. The van der Waals surface area contributed by atoms with Gasteiger partial charge in [0.1, 0.15) is 0 Å². The molecular formula is C16H24N2. The van der Waals surface area contributed by atoms with E-state index in [2.05, 4.69) is 22.4 Å². The number of nitrogens with zero attached hydrogens (tertiary/aromatic N) is 1. The molecule has 98 valence electrons. The lowest BCUT2D eigenvalue weighted by molar-refractivity contribution is 0.125. The van der Waals surface area contributed by atoms with E-state index < -0.39 is 0 Å². The molecule has 2 fully saturated rings. The Morgan fingerprint density at radius 3 is 2.67 bits per heavy atom. The van der Waals surface area contributed by atoms with Gasteiger partial charge in [-0.15, -0.1) is 0 Å². The van der Waals surface area contributed by atoms with Gasteiger partial charge in [-0.25, -0.2) is 0 Å². The van der Waals surface area contributed by atoms with Crippen LogP contribution in [0.1, 0.15) is 50.5 Å². The molecule has 0 aromatic carbocycles. The number of fused-ring (bicyclic) bond motifs is 1. The predicted molar refractivity (Wildman–Crippen MR) is 74.2 cm³/mol. The Kier molecular flexibility index (Phi) is 3.94. The predicted octanol–water partition coefficient (Wildman–Crippen LogP) is 3.53. The second-order valence-electron chi connectivity index (χ2n) is 5.98. The van der Waals surface area contributed by atoms with Crippen LogP contribution in [0.2, 0.25) is 0 Å². The first kappa shape index (κ1) is 12.2. The zero-order valence-corrected chi connectivity index (χ0v) is 11.1. The third-order valence-electron chi connectivity index (χ3n) is 4.89. The van der Waals surface area contributed by atoms with E-state index in [1.54, 1.807) is 0 Å². The van der Waals surface area contributed by atoms with Gasteiger partial charge in [0.15, 0.2) is 0 Å². The van der Waals surface area contributed by atoms with Gasteiger partial charge in [0.25, 0.3) is 0 Å². The first-order valence-corrected chi connectivity index (χ1v) is 7.56. The van der Waals surface area contributed by atoms with Gasteiger partial charge in [-0.1, -0.05) is 32.1 Å². The van der Waals surface area contributed by atoms with Gasteiger partial charge in [0.2, 0.25) is 0 Å². The topological polar surface area (TPSA) is 24.9 Å². The Hall–Kier alpha value is -0.890. The average molecular weight is 244 g/mol. The standard InChI is InChI=1S/C16H24N2/c1-2-6-15-14(4-1)5-3-7-16(15)18-12-13-8-10-17-11-9-13/h8-11,14-16,18H,1-7,12H2. The molecule has 0 bridgehead atoms. The van der Waals surface area contributed by atoms with E-state index in [1.807, 2.05) is 12.4 Å². The van der Waals surface area contributed by atoms with Crippen LogP contribution in [-0.2, 0) is 6.54 Å². The van der Waals surface area contributed by atoms with Crippen LogP contribution in [0.15, 0.2) is 24.5 Å². The second kappa shape index (κ2) is 5.83. The fourth-order valence-corrected chi connectivity index (χ4v) is 3.94. The summed E-state index contributed by atoms with van der Waals surface area (Å²) < 4.78 is 0. The molecule has 2 heteroatoms. The highest BCUT2D eigenvalue weighted by Crippen LogP contribution is 2.40. The van der Waals surface area contributed by atoms with E-state index in [0.29, 0.717) is 0 Å². The van der Waals surface area contributed by atoms with Crippen molar-refractivity contribution in [3.63, 3.8) is 0 Å². The number of aromatic nitrogens is 1. The summed E-state index contributed by atoms with van der Waals surface area (Å²) in [5.74, 6) is 1.97. The summed E-state index contributed by atoms with van der Waals surface area (Å²) in [5, 5.41) is 3.81. The zero-order chi connectivity index (χ0) is 12.2. The summed E-state index contributed by atoms with van der Waals surface area (Å²) in [6.07, 6.45) is 13.9. The number of pyridine rings is 1. The van der Waals surface area contributed by atoms with Crippen molar-refractivity contribution in [2.24, 2.45) is 11.8 Å². The molecule has 0 spiro atoms. The molecule has 0 aliphatic heterocycles. The molecule has 2 saturated carbocycles. The minimum atomic E-state index is 0.761. The molecule has 0 radical (unpaired) electrons. The molecule has 2 nitrogen and oxygen atoms in total. The monoisotopic (exact) mass is 244 g/mol. The van der Waals surface area contributed by atoms with Crippen LogP contribution in [0.25, 0.3) is 0 Å². The van der Waals surface area contributed by atoms with Gasteiger partial charge >= 0.3 is 0 Å². The van der Waals surface area contributed by atoms with E-state index in [4.69, 9.17) is 0 Å². The van der Waals surface area contributed by atoms with Crippen molar-refractivity contribution in [2.45, 2.75) is 57.5 Å². The highest BCUT2D eigenvalue weighted by Gasteiger charge is 2.34. The molecule has 0 saturated heterocycles. The Morgan fingerprint density at radius 1 is 1.00 bits per heavy atom. The van der Waals surface area contributed by atoms with Crippen LogP contribution < -0.4 is 5.32 Å². The van der Waals surface area contributed by atoms with E-state index in [0.717, 1.165) is 24.4 Å². The fourth-order valence-electron chi connectivity index (χ4n) is 3.94. The molecule has 1 aromatic heterocycles. The molecule has 18 heavy (non-hydrogen) atoms. The third-order valence-corrected chi connectivity index (χ3v) is 4.89. The van der Waals surface area contributed by atoms with Gasteiger partial charge in [-0.2, -0.15) is 0 Å². The van der Waals surface area contributed by atoms with Gasteiger partial charge < -0.3 is 5.32 Å². The summed E-state index contributed by atoms with van der Waals surface area (Å²) in [7, 11) is 0. The summed E-state index contributed by atoms with van der Waals surface area (Å²) >= 11 is 0. The minimum Gasteiger partial charge on any atom is -0.310 e. The molecule has 1 N–H and O–H groups in total.